The van der Waals surface area contributed by atoms with E-state index < -0.39 is 5.91 Å². The lowest BCUT2D eigenvalue weighted by Gasteiger charge is -2.09. The summed E-state index contributed by atoms with van der Waals surface area (Å²) in [5.41, 5.74) is 7.37. The number of nitrogens with two attached hydrogens (primary N) is 1. The van der Waals surface area contributed by atoms with Crippen molar-refractivity contribution in [2.75, 3.05) is 7.11 Å². The molecule has 94 valence electrons. The number of ether oxygens (including phenoxy) is 1. The summed E-state index contributed by atoms with van der Waals surface area (Å²) in [5.74, 6) is 0.162. The van der Waals surface area contributed by atoms with Crippen molar-refractivity contribution in [1.82, 2.24) is 4.98 Å². The lowest BCUT2D eigenvalue weighted by Crippen LogP contribution is -2.11. The highest BCUT2D eigenvalue weighted by Gasteiger charge is 2.12. The zero-order valence-corrected chi connectivity index (χ0v) is 10.4. The first kappa shape index (κ1) is 11.5. The number of carbonyl (C=O) groups is 1. The van der Waals surface area contributed by atoms with Gasteiger partial charge in [0, 0.05) is 16.3 Å². The van der Waals surface area contributed by atoms with Crippen molar-refractivity contribution in [2.24, 2.45) is 5.73 Å². The number of hydrogen-bond donors (Lipinski definition) is 1. The zero-order valence-electron chi connectivity index (χ0n) is 10.4. The van der Waals surface area contributed by atoms with Gasteiger partial charge in [0.15, 0.2) is 0 Å². The quantitative estimate of drug-likeness (QED) is 0.712. The lowest BCUT2D eigenvalue weighted by atomic mass is 10.0. The minimum absolute atomic E-state index is 0.453. The third-order valence-electron chi connectivity index (χ3n) is 3.13. The van der Waals surface area contributed by atoms with Crippen LogP contribution in [-0.4, -0.2) is 18.0 Å². The number of hydrogen-bond acceptors (Lipinski definition) is 3. The van der Waals surface area contributed by atoms with Crippen molar-refractivity contribution >= 4 is 27.7 Å². The normalized spacial score (nSPS) is 10.8. The summed E-state index contributed by atoms with van der Waals surface area (Å²) in [6, 6.07) is 13.0. The molecule has 0 atom stereocenters. The average Bonchev–Trinajstić information content (AvgIpc) is 2.43. The number of primary amides is 1. The summed E-state index contributed by atoms with van der Waals surface area (Å²) in [7, 11) is 1.58. The third-order valence-corrected chi connectivity index (χ3v) is 3.13. The Morgan fingerprint density at radius 2 is 2.00 bits per heavy atom. The maximum Gasteiger partial charge on any atom is 0.249 e. The molecule has 0 radical (unpaired) electrons. The highest BCUT2D eigenvalue weighted by molar-refractivity contribution is 6.09. The molecule has 2 N–H and O–H groups in total. The van der Waals surface area contributed by atoms with Gasteiger partial charge in [-0.3, -0.25) is 4.79 Å². The van der Waals surface area contributed by atoms with Gasteiger partial charge in [0.2, 0.25) is 5.91 Å². The van der Waals surface area contributed by atoms with E-state index in [9.17, 15) is 4.79 Å². The van der Waals surface area contributed by atoms with Gasteiger partial charge >= 0.3 is 0 Å². The van der Waals surface area contributed by atoms with Crippen molar-refractivity contribution in [3.8, 4) is 5.75 Å². The highest BCUT2D eigenvalue weighted by atomic mass is 16.5. The number of benzene rings is 2. The van der Waals surface area contributed by atoms with Gasteiger partial charge in [0.1, 0.15) is 11.3 Å². The van der Waals surface area contributed by atoms with E-state index in [1.54, 1.807) is 19.2 Å². The lowest BCUT2D eigenvalue weighted by molar-refractivity contribution is 0.100. The Bertz CT molecular complexity index is 797. The van der Waals surface area contributed by atoms with E-state index in [0.717, 1.165) is 10.9 Å². The van der Waals surface area contributed by atoms with Crippen LogP contribution in [0.1, 0.15) is 10.4 Å². The van der Waals surface area contributed by atoms with Gasteiger partial charge in [0.25, 0.3) is 0 Å². The predicted octanol–water partition coefficient (Wildman–Crippen LogP) is 2.50. The topological polar surface area (TPSA) is 65.2 Å². The minimum Gasteiger partial charge on any atom is -0.494 e. The number of carbonyl (C=O) groups excluding carboxylic acids is 1. The second-order valence-electron chi connectivity index (χ2n) is 4.26. The molecule has 3 rings (SSSR count). The number of rotatable bonds is 2. The van der Waals surface area contributed by atoms with E-state index in [1.165, 1.54) is 0 Å². The Kier molecular flexibility index (Phi) is 2.56. The zero-order chi connectivity index (χ0) is 13.4. The molecule has 0 aliphatic carbocycles. The molecule has 0 aliphatic rings. The molecular weight excluding hydrogens is 240 g/mol. The number of nitrogens with zero attached hydrogens (tertiary/aromatic N) is 1. The molecule has 0 spiro atoms. The maximum atomic E-state index is 11.5. The van der Waals surface area contributed by atoms with Crippen molar-refractivity contribution in [2.45, 2.75) is 0 Å². The largest absolute Gasteiger partial charge is 0.494 e. The number of para-hydroxylation sites is 1. The van der Waals surface area contributed by atoms with E-state index in [-0.39, 0.29) is 0 Å². The summed E-state index contributed by atoms with van der Waals surface area (Å²) in [6.07, 6.45) is 0. The van der Waals surface area contributed by atoms with Crippen LogP contribution in [0.3, 0.4) is 0 Å². The fraction of sp³-hybridized carbons (Fsp3) is 0.0667. The van der Waals surface area contributed by atoms with Crippen LogP contribution < -0.4 is 10.5 Å². The Balaban J connectivity index is 2.49. The summed E-state index contributed by atoms with van der Waals surface area (Å²) >= 11 is 0. The van der Waals surface area contributed by atoms with Crippen molar-refractivity contribution in [1.29, 1.82) is 0 Å². The number of aromatic nitrogens is 1. The Hall–Kier alpha value is -2.62. The number of fused-ring (bicyclic) bond motifs is 2. The fourth-order valence-electron chi connectivity index (χ4n) is 2.22. The molecule has 0 saturated carbocycles. The Morgan fingerprint density at radius 3 is 2.74 bits per heavy atom. The van der Waals surface area contributed by atoms with Crippen LogP contribution in [-0.2, 0) is 0 Å². The van der Waals surface area contributed by atoms with E-state index in [4.69, 9.17) is 10.5 Å². The fourth-order valence-corrected chi connectivity index (χ4v) is 2.22. The maximum absolute atomic E-state index is 11.5. The molecule has 19 heavy (non-hydrogen) atoms. The molecule has 1 heterocycles. The van der Waals surface area contributed by atoms with Crippen molar-refractivity contribution < 1.29 is 9.53 Å². The summed E-state index contributed by atoms with van der Waals surface area (Å²) < 4.78 is 5.30. The second kappa shape index (κ2) is 4.24. The van der Waals surface area contributed by atoms with Crippen LogP contribution >= 0.6 is 0 Å². The number of methoxy groups -OCH3 is 1. The number of pyridine rings is 1. The van der Waals surface area contributed by atoms with Gasteiger partial charge in [-0.15, -0.1) is 0 Å². The Labute approximate surface area is 109 Å². The van der Waals surface area contributed by atoms with E-state index in [2.05, 4.69) is 4.98 Å². The first-order valence-corrected chi connectivity index (χ1v) is 5.87. The van der Waals surface area contributed by atoms with Crippen LogP contribution in [0.5, 0.6) is 5.75 Å². The van der Waals surface area contributed by atoms with Crippen LogP contribution in [0.25, 0.3) is 21.8 Å². The van der Waals surface area contributed by atoms with E-state index in [1.807, 2.05) is 30.3 Å². The summed E-state index contributed by atoms with van der Waals surface area (Å²) in [6.45, 7) is 0. The molecule has 1 aromatic heterocycles. The summed E-state index contributed by atoms with van der Waals surface area (Å²) in [5, 5.41) is 1.68. The third kappa shape index (κ3) is 1.78. The van der Waals surface area contributed by atoms with Crippen LogP contribution in [0, 0.1) is 0 Å². The number of amides is 1. The van der Waals surface area contributed by atoms with Gasteiger partial charge in [-0.2, -0.15) is 0 Å². The molecule has 0 saturated heterocycles. The van der Waals surface area contributed by atoms with E-state index in [0.29, 0.717) is 22.2 Å². The van der Waals surface area contributed by atoms with Gasteiger partial charge < -0.3 is 10.5 Å². The standard InChI is InChI=1S/C15H12N2O2/c1-19-13-7-6-10(15(16)18)11-8-9-4-2-3-5-12(9)17-14(11)13/h2-8H,1H3,(H2,16,18). The predicted molar refractivity (Wildman–Crippen MR) is 74.3 cm³/mol. The van der Waals surface area contributed by atoms with Gasteiger partial charge in [-0.1, -0.05) is 18.2 Å². The molecule has 0 bridgehead atoms. The first-order valence-electron chi connectivity index (χ1n) is 5.87. The average molecular weight is 252 g/mol. The van der Waals surface area contributed by atoms with Crippen molar-refractivity contribution in [3.05, 3.63) is 48.0 Å². The molecule has 1 amide bonds. The van der Waals surface area contributed by atoms with E-state index >= 15 is 0 Å². The van der Waals surface area contributed by atoms with Crippen LogP contribution in [0.4, 0.5) is 0 Å². The molecule has 2 aromatic carbocycles. The summed E-state index contributed by atoms with van der Waals surface area (Å²) in [4.78, 5) is 16.1. The molecule has 3 aromatic rings. The molecule has 0 unspecified atom stereocenters. The Morgan fingerprint density at radius 1 is 1.21 bits per heavy atom. The van der Waals surface area contributed by atoms with Gasteiger partial charge in [0.05, 0.1) is 12.6 Å². The highest BCUT2D eigenvalue weighted by Crippen LogP contribution is 2.29. The SMILES string of the molecule is COc1ccc(C(N)=O)c2cc3ccccc3nc12. The van der Waals surface area contributed by atoms with Gasteiger partial charge in [-0.25, -0.2) is 4.98 Å². The van der Waals surface area contributed by atoms with Crippen molar-refractivity contribution in [3.63, 3.8) is 0 Å². The second-order valence-corrected chi connectivity index (χ2v) is 4.26. The molecule has 0 aliphatic heterocycles. The first-order chi connectivity index (χ1) is 9.20. The molecule has 4 heteroatoms. The van der Waals surface area contributed by atoms with Gasteiger partial charge in [-0.05, 0) is 24.3 Å². The molecule has 0 fully saturated rings. The van der Waals surface area contributed by atoms with Crippen LogP contribution in [0.2, 0.25) is 0 Å². The minimum atomic E-state index is -0.468. The monoisotopic (exact) mass is 252 g/mol. The molecular formula is C15H12N2O2. The molecule has 4 nitrogen and oxygen atoms in total. The smallest absolute Gasteiger partial charge is 0.249 e. The van der Waals surface area contributed by atoms with Crippen LogP contribution in [0.15, 0.2) is 42.5 Å².